The lowest BCUT2D eigenvalue weighted by molar-refractivity contribution is 0.0998. The van der Waals surface area contributed by atoms with Crippen molar-refractivity contribution in [2.75, 3.05) is 6.26 Å². The molecule has 0 aliphatic carbocycles. The van der Waals surface area contributed by atoms with Gasteiger partial charge in [-0.1, -0.05) is 0 Å². The molecule has 0 spiro atoms. The van der Waals surface area contributed by atoms with Crippen LogP contribution in [0.2, 0.25) is 0 Å². The Hall–Kier alpha value is -1.30. The van der Waals surface area contributed by atoms with Crippen molar-refractivity contribution < 1.29 is 9.00 Å². The van der Waals surface area contributed by atoms with Crippen molar-refractivity contribution in [2.24, 2.45) is 4.36 Å². The Morgan fingerprint density at radius 1 is 1.54 bits per heavy atom. The molecule has 1 aromatic heterocycles. The number of fused-ring (bicyclic) bond motifs is 1. The third-order valence-corrected chi connectivity index (χ3v) is 3.09. The number of rotatable bonds is 0. The van der Waals surface area contributed by atoms with Gasteiger partial charge in [0.1, 0.15) is 12.0 Å². The normalized spacial score (nSPS) is 26.4. The van der Waals surface area contributed by atoms with Gasteiger partial charge < -0.3 is 0 Å². The second-order valence-corrected chi connectivity index (χ2v) is 5.29. The molecule has 0 bridgehead atoms. The monoisotopic (exact) mass is 197 g/mol. The lowest BCUT2D eigenvalue weighted by atomic mass is 10.2. The first-order valence-corrected chi connectivity index (χ1v) is 5.71. The van der Waals surface area contributed by atoms with Crippen LogP contribution in [0.5, 0.6) is 0 Å². The highest BCUT2D eigenvalue weighted by Crippen LogP contribution is 2.16. The standard InChI is InChI=1S/C7H7N3O2S/c1-13(12)3-5-2-8-4-9-6(5)7(11)10-13/h2,4H,3H2,1H3. The fourth-order valence-corrected chi connectivity index (χ4v) is 2.49. The third-order valence-electron chi connectivity index (χ3n) is 1.69. The highest BCUT2D eigenvalue weighted by Gasteiger charge is 2.22. The summed E-state index contributed by atoms with van der Waals surface area (Å²) in [6, 6.07) is 0. The Kier molecular flexibility index (Phi) is 1.66. The molecule has 2 heterocycles. The van der Waals surface area contributed by atoms with Crippen LogP contribution in [0, 0.1) is 0 Å². The summed E-state index contributed by atoms with van der Waals surface area (Å²) in [5.74, 6) is -0.245. The molecule has 0 saturated heterocycles. The zero-order valence-electron chi connectivity index (χ0n) is 6.93. The highest BCUT2D eigenvalue weighted by molar-refractivity contribution is 7.92. The Morgan fingerprint density at radius 2 is 2.31 bits per heavy atom. The summed E-state index contributed by atoms with van der Waals surface area (Å²) in [4.78, 5) is 18.8. The number of carbonyl (C=O) groups is 1. The number of amides is 1. The van der Waals surface area contributed by atoms with E-state index in [1.165, 1.54) is 18.8 Å². The van der Waals surface area contributed by atoms with Crippen LogP contribution in [0.25, 0.3) is 0 Å². The van der Waals surface area contributed by atoms with Crippen molar-refractivity contribution in [2.45, 2.75) is 5.75 Å². The minimum absolute atomic E-state index is 0.259. The van der Waals surface area contributed by atoms with E-state index in [0.29, 0.717) is 5.56 Å². The molecule has 1 atom stereocenters. The molecule has 1 aliphatic rings. The van der Waals surface area contributed by atoms with Gasteiger partial charge in [0.15, 0.2) is 0 Å². The smallest absolute Gasteiger partial charge is 0.264 e. The fourth-order valence-electron chi connectivity index (χ4n) is 1.20. The van der Waals surface area contributed by atoms with Crippen molar-refractivity contribution in [1.29, 1.82) is 0 Å². The maximum atomic E-state index is 11.5. The van der Waals surface area contributed by atoms with Crippen LogP contribution >= 0.6 is 0 Å². The molecule has 1 amide bonds. The quantitative estimate of drug-likeness (QED) is 0.596. The zero-order chi connectivity index (χ0) is 9.47. The first-order valence-electron chi connectivity index (χ1n) is 3.61. The highest BCUT2D eigenvalue weighted by atomic mass is 32.2. The van der Waals surface area contributed by atoms with Gasteiger partial charge in [-0.15, -0.1) is 0 Å². The minimum Gasteiger partial charge on any atom is -0.264 e. The first kappa shape index (κ1) is 8.31. The van der Waals surface area contributed by atoms with E-state index in [1.807, 2.05) is 0 Å². The molecule has 1 aliphatic heterocycles. The zero-order valence-corrected chi connectivity index (χ0v) is 7.74. The van der Waals surface area contributed by atoms with Crippen LogP contribution in [0.1, 0.15) is 16.1 Å². The molecule has 2 rings (SSSR count). The lowest BCUT2D eigenvalue weighted by Gasteiger charge is -2.11. The maximum Gasteiger partial charge on any atom is 0.304 e. The van der Waals surface area contributed by atoms with E-state index >= 15 is 0 Å². The van der Waals surface area contributed by atoms with Gasteiger partial charge in [0.25, 0.3) is 0 Å². The summed E-state index contributed by atoms with van der Waals surface area (Å²) in [6.45, 7) is 0. The first-order chi connectivity index (χ1) is 6.08. The van der Waals surface area contributed by atoms with E-state index in [9.17, 15) is 9.00 Å². The fraction of sp³-hybridized carbons (Fsp3) is 0.286. The Bertz CT molecular complexity index is 488. The largest absolute Gasteiger partial charge is 0.304 e. The lowest BCUT2D eigenvalue weighted by Crippen LogP contribution is -2.17. The average molecular weight is 197 g/mol. The Balaban J connectivity index is 2.66. The number of nitrogens with zero attached hydrogens (tertiary/aromatic N) is 3. The van der Waals surface area contributed by atoms with Gasteiger partial charge in [-0.2, -0.15) is 4.36 Å². The molecule has 0 fully saturated rings. The van der Waals surface area contributed by atoms with Gasteiger partial charge in [-0.3, -0.25) is 4.79 Å². The average Bonchev–Trinajstić information content (AvgIpc) is 2.02. The Morgan fingerprint density at radius 3 is 3.08 bits per heavy atom. The van der Waals surface area contributed by atoms with Gasteiger partial charge in [-0.25, -0.2) is 14.2 Å². The van der Waals surface area contributed by atoms with Crippen LogP contribution in [-0.4, -0.2) is 26.3 Å². The van der Waals surface area contributed by atoms with E-state index in [0.717, 1.165) is 0 Å². The molecule has 0 saturated carbocycles. The SMILES string of the molecule is CS1(=O)=NC(=O)c2ncncc2C1. The molecular weight excluding hydrogens is 190 g/mol. The van der Waals surface area contributed by atoms with Gasteiger partial charge in [0, 0.05) is 18.0 Å². The summed E-state index contributed by atoms with van der Waals surface area (Å²) in [5.41, 5.74) is 0.894. The minimum atomic E-state index is -2.40. The van der Waals surface area contributed by atoms with Crippen molar-refractivity contribution >= 4 is 15.6 Å². The summed E-state index contributed by atoms with van der Waals surface area (Å²) in [5, 5.41) is 0. The van der Waals surface area contributed by atoms with E-state index in [2.05, 4.69) is 14.3 Å². The molecule has 68 valence electrons. The predicted molar refractivity (Wildman–Crippen MR) is 46.6 cm³/mol. The van der Waals surface area contributed by atoms with Crippen molar-refractivity contribution in [3.8, 4) is 0 Å². The van der Waals surface area contributed by atoms with Gasteiger partial charge in [0.2, 0.25) is 0 Å². The van der Waals surface area contributed by atoms with Crippen LogP contribution in [0.15, 0.2) is 16.9 Å². The molecule has 13 heavy (non-hydrogen) atoms. The molecule has 1 unspecified atom stereocenters. The number of carbonyl (C=O) groups excluding carboxylic acids is 1. The van der Waals surface area contributed by atoms with E-state index in [-0.39, 0.29) is 11.4 Å². The van der Waals surface area contributed by atoms with E-state index in [4.69, 9.17) is 0 Å². The predicted octanol–water partition coefficient (Wildman–Crippen LogP) is 0.228. The van der Waals surface area contributed by atoms with Crippen LogP contribution in [0.4, 0.5) is 0 Å². The van der Waals surface area contributed by atoms with Crippen LogP contribution < -0.4 is 0 Å². The summed E-state index contributed by atoms with van der Waals surface area (Å²) in [6.07, 6.45) is 4.26. The summed E-state index contributed by atoms with van der Waals surface area (Å²) in [7, 11) is -2.40. The molecule has 0 N–H and O–H groups in total. The van der Waals surface area contributed by atoms with Crippen molar-refractivity contribution in [1.82, 2.24) is 9.97 Å². The molecule has 0 radical (unpaired) electrons. The number of hydrogen-bond donors (Lipinski definition) is 0. The van der Waals surface area contributed by atoms with Crippen LogP contribution in [-0.2, 0) is 15.5 Å². The molecular formula is C7H7N3O2S. The molecule has 0 aromatic carbocycles. The summed E-state index contributed by atoms with van der Waals surface area (Å²) >= 11 is 0. The van der Waals surface area contributed by atoms with Crippen LogP contribution in [0.3, 0.4) is 0 Å². The number of hydrogen-bond acceptors (Lipinski definition) is 4. The Labute approximate surface area is 75.4 Å². The number of aromatic nitrogens is 2. The molecule has 1 aromatic rings. The topological polar surface area (TPSA) is 72.3 Å². The van der Waals surface area contributed by atoms with Gasteiger partial charge in [0.05, 0.1) is 15.5 Å². The van der Waals surface area contributed by atoms with Gasteiger partial charge in [-0.05, 0) is 0 Å². The van der Waals surface area contributed by atoms with Crippen molar-refractivity contribution in [3.63, 3.8) is 0 Å². The third kappa shape index (κ3) is 1.44. The van der Waals surface area contributed by atoms with E-state index < -0.39 is 15.6 Å². The molecule has 5 nitrogen and oxygen atoms in total. The van der Waals surface area contributed by atoms with Crippen molar-refractivity contribution in [3.05, 3.63) is 23.8 Å². The second kappa shape index (κ2) is 2.59. The molecule has 6 heteroatoms. The summed E-state index contributed by atoms with van der Waals surface area (Å²) < 4.78 is 15.1. The van der Waals surface area contributed by atoms with Gasteiger partial charge >= 0.3 is 5.91 Å². The maximum absolute atomic E-state index is 11.5. The van der Waals surface area contributed by atoms with E-state index in [1.54, 1.807) is 0 Å². The second-order valence-electron chi connectivity index (χ2n) is 2.90.